The van der Waals surface area contributed by atoms with E-state index in [2.05, 4.69) is 18.1 Å². The predicted octanol–water partition coefficient (Wildman–Crippen LogP) is 2.56. The quantitative estimate of drug-likeness (QED) is 0.783. The Kier molecular flexibility index (Phi) is 5.84. The van der Waals surface area contributed by atoms with E-state index < -0.39 is 6.10 Å². The molecule has 1 aromatic carbocycles. The molecule has 1 unspecified atom stereocenters. The van der Waals surface area contributed by atoms with Gasteiger partial charge >= 0.3 is 0 Å². The summed E-state index contributed by atoms with van der Waals surface area (Å²) in [5, 5.41) is 10.4. The van der Waals surface area contributed by atoms with Crippen LogP contribution < -0.4 is 9.47 Å². The number of fused-ring (bicyclic) bond motifs is 1. The molecule has 1 N–H and O–H groups in total. The molecular weight excluding hydrogens is 266 g/mol. The Bertz CT molecular complexity index is 477. The minimum absolute atomic E-state index is 0.525. The minimum Gasteiger partial charge on any atom is -0.490 e. The second-order valence-electron chi connectivity index (χ2n) is 5.07. The van der Waals surface area contributed by atoms with Crippen molar-refractivity contribution in [2.24, 2.45) is 0 Å². The summed E-state index contributed by atoms with van der Waals surface area (Å²) in [6.07, 6.45) is 3.94. The Morgan fingerprint density at radius 1 is 1.14 bits per heavy atom. The molecule has 0 amide bonds. The zero-order valence-corrected chi connectivity index (χ0v) is 12.3. The average Bonchev–Trinajstić information content (AvgIpc) is 2.72. The highest BCUT2D eigenvalue weighted by molar-refractivity contribution is 5.44. The maximum Gasteiger partial charge on any atom is 0.161 e. The summed E-state index contributed by atoms with van der Waals surface area (Å²) in [5.41, 5.74) is 0.831. The van der Waals surface area contributed by atoms with Gasteiger partial charge < -0.3 is 14.6 Å². The van der Waals surface area contributed by atoms with Gasteiger partial charge in [-0.3, -0.25) is 4.90 Å². The number of rotatable bonds is 7. The molecule has 0 radical (unpaired) electrons. The van der Waals surface area contributed by atoms with Crippen molar-refractivity contribution in [3.63, 3.8) is 0 Å². The molecule has 1 aliphatic rings. The fraction of sp³-hybridized carbons (Fsp3) is 0.412. The smallest absolute Gasteiger partial charge is 0.161 e. The summed E-state index contributed by atoms with van der Waals surface area (Å²) in [4.78, 5) is 2.08. The van der Waals surface area contributed by atoms with E-state index in [9.17, 15) is 5.11 Å². The summed E-state index contributed by atoms with van der Waals surface area (Å²) in [7, 11) is 0. The number of ether oxygens (including phenoxy) is 2. The molecule has 0 saturated carbocycles. The number of benzene rings is 1. The second-order valence-corrected chi connectivity index (χ2v) is 5.07. The first-order chi connectivity index (χ1) is 10.2. The Morgan fingerprint density at radius 3 is 2.48 bits per heavy atom. The first-order valence-corrected chi connectivity index (χ1v) is 7.26. The van der Waals surface area contributed by atoms with E-state index in [-0.39, 0.29) is 0 Å². The highest BCUT2D eigenvalue weighted by Crippen LogP contribution is 2.32. The van der Waals surface area contributed by atoms with Gasteiger partial charge in [0.2, 0.25) is 0 Å². The maximum atomic E-state index is 10.4. The molecule has 0 fully saturated rings. The van der Waals surface area contributed by atoms with Crippen molar-refractivity contribution in [1.82, 2.24) is 4.90 Å². The molecule has 4 heteroatoms. The van der Waals surface area contributed by atoms with E-state index in [0.717, 1.165) is 17.7 Å². The monoisotopic (exact) mass is 289 g/mol. The molecule has 1 atom stereocenters. The Labute approximate surface area is 126 Å². The fourth-order valence-corrected chi connectivity index (χ4v) is 2.33. The fourth-order valence-electron chi connectivity index (χ4n) is 2.33. The first-order valence-electron chi connectivity index (χ1n) is 7.26. The third-order valence-corrected chi connectivity index (χ3v) is 3.36. The van der Waals surface area contributed by atoms with Crippen molar-refractivity contribution in [3.8, 4) is 11.5 Å². The van der Waals surface area contributed by atoms with Gasteiger partial charge in [-0.25, -0.2) is 0 Å². The van der Waals surface area contributed by atoms with Crippen LogP contribution in [0.4, 0.5) is 0 Å². The average molecular weight is 289 g/mol. The lowest BCUT2D eigenvalue weighted by Crippen LogP contribution is -2.29. The Balaban J connectivity index is 2.07. The van der Waals surface area contributed by atoms with Gasteiger partial charge in [0.05, 0.1) is 19.3 Å². The zero-order chi connectivity index (χ0) is 15.1. The van der Waals surface area contributed by atoms with E-state index in [0.29, 0.717) is 38.6 Å². The summed E-state index contributed by atoms with van der Waals surface area (Å²) in [6, 6.07) is 5.62. The SMILES string of the molecule is C=CCN(CC=C)CC(O)c1ccc2c(c1)OCCCO2. The van der Waals surface area contributed by atoms with Gasteiger partial charge in [0.1, 0.15) is 0 Å². The molecule has 0 aromatic heterocycles. The number of nitrogens with zero attached hydrogens (tertiary/aromatic N) is 1. The van der Waals surface area contributed by atoms with Crippen molar-refractivity contribution >= 4 is 0 Å². The van der Waals surface area contributed by atoms with Crippen molar-refractivity contribution in [3.05, 3.63) is 49.1 Å². The van der Waals surface area contributed by atoms with Gasteiger partial charge in [-0.15, -0.1) is 13.2 Å². The summed E-state index contributed by atoms with van der Waals surface area (Å²) < 4.78 is 11.3. The van der Waals surface area contributed by atoms with E-state index >= 15 is 0 Å². The molecule has 114 valence electrons. The molecule has 4 nitrogen and oxygen atoms in total. The van der Waals surface area contributed by atoms with Crippen LogP contribution in [0.25, 0.3) is 0 Å². The topological polar surface area (TPSA) is 41.9 Å². The van der Waals surface area contributed by atoms with Crippen LogP contribution in [-0.4, -0.2) is 42.9 Å². The highest BCUT2D eigenvalue weighted by Gasteiger charge is 2.16. The van der Waals surface area contributed by atoms with Gasteiger partial charge in [-0.05, 0) is 17.7 Å². The van der Waals surface area contributed by atoms with Crippen molar-refractivity contribution in [1.29, 1.82) is 0 Å². The molecule has 0 spiro atoms. The van der Waals surface area contributed by atoms with Crippen LogP contribution in [0.5, 0.6) is 11.5 Å². The normalized spacial score (nSPS) is 15.3. The number of hydrogen-bond donors (Lipinski definition) is 1. The molecule has 1 heterocycles. The number of aliphatic hydroxyl groups excluding tert-OH is 1. The molecule has 0 aliphatic carbocycles. The lowest BCUT2D eigenvalue weighted by Gasteiger charge is -2.23. The lowest BCUT2D eigenvalue weighted by molar-refractivity contribution is 0.125. The standard InChI is InChI=1S/C17H23NO3/c1-3-8-18(9-4-2)13-15(19)14-6-7-16-17(12-14)21-11-5-10-20-16/h3-4,6-7,12,15,19H,1-2,5,8-11,13H2. The second kappa shape index (κ2) is 7.86. The summed E-state index contributed by atoms with van der Waals surface area (Å²) >= 11 is 0. The van der Waals surface area contributed by atoms with E-state index in [1.54, 1.807) is 0 Å². The van der Waals surface area contributed by atoms with Crippen LogP contribution in [0.3, 0.4) is 0 Å². The zero-order valence-electron chi connectivity index (χ0n) is 12.3. The van der Waals surface area contributed by atoms with Gasteiger partial charge in [-0.1, -0.05) is 18.2 Å². The third-order valence-electron chi connectivity index (χ3n) is 3.36. The van der Waals surface area contributed by atoms with Crippen molar-refractivity contribution in [2.45, 2.75) is 12.5 Å². The Hall–Kier alpha value is -1.78. The molecule has 0 bridgehead atoms. The molecule has 21 heavy (non-hydrogen) atoms. The predicted molar refractivity (Wildman–Crippen MR) is 83.8 cm³/mol. The van der Waals surface area contributed by atoms with Crippen LogP contribution >= 0.6 is 0 Å². The van der Waals surface area contributed by atoms with Crippen LogP contribution in [0.1, 0.15) is 18.1 Å². The molecular formula is C17H23NO3. The van der Waals surface area contributed by atoms with Crippen LogP contribution in [-0.2, 0) is 0 Å². The molecule has 1 aliphatic heterocycles. The highest BCUT2D eigenvalue weighted by atomic mass is 16.5. The minimum atomic E-state index is -0.581. The largest absolute Gasteiger partial charge is 0.490 e. The number of aliphatic hydroxyl groups is 1. The lowest BCUT2D eigenvalue weighted by atomic mass is 10.1. The summed E-state index contributed by atoms with van der Waals surface area (Å²) in [5.74, 6) is 1.46. The van der Waals surface area contributed by atoms with Crippen LogP contribution in [0, 0.1) is 0 Å². The van der Waals surface area contributed by atoms with E-state index in [4.69, 9.17) is 9.47 Å². The van der Waals surface area contributed by atoms with Crippen LogP contribution in [0.15, 0.2) is 43.5 Å². The molecule has 1 aromatic rings. The van der Waals surface area contributed by atoms with Crippen molar-refractivity contribution in [2.75, 3.05) is 32.8 Å². The molecule has 0 saturated heterocycles. The maximum absolute atomic E-state index is 10.4. The van der Waals surface area contributed by atoms with Gasteiger partial charge in [-0.2, -0.15) is 0 Å². The van der Waals surface area contributed by atoms with Crippen LogP contribution in [0.2, 0.25) is 0 Å². The van der Waals surface area contributed by atoms with Crippen molar-refractivity contribution < 1.29 is 14.6 Å². The summed E-state index contributed by atoms with van der Waals surface area (Å²) in [6.45, 7) is 10.7. The van der Waals surface area contributed by atoms with Gasteiger partial charge in [0.15, 0.2) is 11.5 Å². The van der Waals surface area contributed by atoms with E-state index in [1.807, 2.05) is 30.4 Å². The number of hydrogen-bond acceptors (Lipinski definition) is 4. The van der Waals surface area contributed by atoms with Gasteiger partial charge in [0.25, 0.3) is 0 Å². The van der Waals surface area contributed by atoms with Gasteiger partial charge in [0, 0.05) is 26.1 Å². The third kappa shape index (κ3) is 4.34. The van der Waals surface area contributed by atoms with E-state index in [1.165, 1.54) is 0 Å². The first kappa shape index (κ1) is 15.6. The molecule has 2 rings (SSSR count). The Morgan fingerprint density at radius 2 is 1.81 bits per heavy atom.